The molecule has 0 atom stereocenters. The van der Waals surface area contributed by atoms with Gasteiger partial charge in [-0.1, -0.05) is 53.6 Å². The molecule has 0 radical (unpaired) electrons. The summed E-state index contributed by atoms with van der Waals surface area (Å²) in [5, 5.41) is 6.38. The average molecular weight is 518 g/mol. The zero-order valence-corrected chi connectivity index (χ0v) is 21.8. The normalized spacial score (nSPS) is 18.3. The lowest BCUT2D eigenvalue weighted by Crippen LogP contribution is -2.20. The maximum atomic E-state index is 14.5. The predicted molar refractivity (Wildman–Crippen MR) is 145 cm³/mol. The molecule has 0 aliphatic carbocycles. The van der Waals surface area contributed by atoms with Crippen molar-refractivity contribution >= 4 is 17.5 Å². The third kappa shape index (κ3) is 5.52. The number of fused-ring (bicyclic) bond motifs is 1. The predicted octanol–water partition coefficient (Wildman–Crippen LogP) is 7.76. The number of hydrazone groups is 1. The van der Waals surface area contributed by atoms with E-state index >= 15 is 0 Å². The van der Waals surface area contributed by atoms with Gasteiger partial charge < -0.3 is 4.74 Å². The van der Waals surface area contributed by atoms with Crippen LogP contribution in [0.15, 0.2) is 99.1 Å². The fraction of sp³-hybridized carbons (Fsp3) is 0.290. The van der Waals surface area contributed by atoms with Gasteiger partial charge in [-0.05, 0) is 50.0 Å². The highest BCUT2D eigenvalue weighted by Crippen LogP contribution is 2.32. The van der Waals surface area contributed by atoms with Gasteiger partial charge in [0.25, 0.3) is 5.92 Å². The lowest BCUT2D eigenvalue weighted by molar-refractivity contribution is 0.0175. The van der Waals surface area contributed by atoms with E-state index in [1.54, 1.807) is 35.5 Å². The standard InChI is InChI=1S/C31H30F3N3O/c1-20-8-13-29(25-6-4-5-7-28(25)32)36-30-19-37(35-17-27(20)30)18-24-16-26(21(2)14-15-38-24)22-9-11-23(12-10-22)31(3,33)34/h4-7,9-12,16-17,19H,8,13-15,18H2,1-3H3. The van der Waals surface area contributed by atoms with Crippen LogP contribution in [-0.4, -0.2) is 30.1 Å². The first-order valence-corrected chi connectivity index (χ1v) is 12.8. The summed E-state index contributed by atoms with van der Waals surface area (Å²) in [6, 6.07) is 13.1. The minimum Gasteiger partial charge on any atom is -0.496 e. The van der Waals surface area contributed by atoms with Crippen LogP contribution in [0.1, 0.15) is 56.7 Å². The molecular weight excluding hydrogens is 487 g/mol. The number of alkyl halides is 2. The summed E-state index contributed by atoms with van der Waals surface area (Å²) in [6.07, 6.45) is 7.79. The third-order valence-corrected chi connectivity index (χ3v) is 7.07. The van der Waals surface area contributed by atoms with E-state index in [-0.39, 0.29) is 11.4 Å². The molecule has 3 heterocycles. The van der Waals surface area contributed by atoms with Crippen molar-refractivity contribution in [3.05, 3.63) is 111 Å². The molecule has 0 saturated heterocycles. The Hall–Kier alpha value is -3.87. The number of aliphatic imine (C=N–C) groups is 1. The third-order valence-electron chi connectivity index (χ3n) is 7.07. The first-order valence-electron chi connectivity index (χ1n) is 12.8. The lowest BCUT2D eigenvalue weighted by atomic mass is 9.96. The second kappa shape index (κ2) is 10.5. The van der Waals surface area contributed by atoms with Crippen LogP contribution in [0.3, 0.4) is 0 Å². The Kier molecular flexibility index (Phi) is 7.11. The first-order chi connectivity index (χ1) is 18.2. The minimum atomic E-state index is -2.88. The summed E-state index contributed by atoms with van der Waals surface area (Å²) in [7, 11) is 0. The maximum Gasteiger partial charge on any atom is 0.270 e. The molecule has 38 heavy (non-hydrogen) atoms. The number of nitrogens with zero attached hydrogens (tertiary/aromatic N) is 3. The molecule has 0 unspecified atom stereocenters. The Bertz CT molecular complexity index is 1420. The Morgan fingerprint density at radius 1 is 0.947 bits per heavy atom. The van der Waals surface area contributed by atoms with Crippen LogP contribution in [0.4, 0.5) is 13.2 Å². The van der Waals surface area contributed by atoms with E-state index in [2.05, 4.69) is 12.0 Å². The van der Waals surface area contributed by atoms with E-state index in [1.807, 2.05) is 25.3 Å². The highest BCUT2D eigenvalue weighted by atomic mass is 19.3. The Labute approximate surface area is 221 Å². The van der Waals surface area contributed by atoms with Crippen LogP contribution in [0, 0.1) is 5.82 Å². The van der Waals surface area contributed by atoms with E-state index in [4.69, 9.17) is 9.73 Å². The van der Waals surface area contributed by atoms with Gasteiger partial charge in [0.2, 0.25) is 0 Å². The molecule has 0 N–H and O–H groups in total. The molecule has 0 aromatic heterocycles. The summed E-state index contributed by atoms with van der Waals surface area (Å²) in [6.45, 7) is 5.88. The second-order valence-corrected chi connectivity index (χ2v) is 9.96. The van der Waals surface area contributed by atoms with Crippen molar-refractivity contribution in [2.75, 3.05) is 13.2 Å². The Morgan fingerprint density at radius 2 is 1.68 bits per heavy atom. The van der Waals surface area contributed by atoms with E-state index in [0.29, 0.717) is 36.6 Å². The number of halogens is 3. The van der Waals surface area contributed by atoms with Crippen molar-refractivity contribution in [1.82, 2.24) is 5.01 Å². The van der Waals surface area contributed by atoms with Crippen molar-refractivity contribution in [2.45, 2.75) is 46.0 Å². The summed E-state index contributed by atoms with van der Waals surface area (Å²) < 4.78 is 48.0. The SMILES string of the molecule is CC1=C2C=NN(CC3=CC(c4ccc(C(C)(F)F)cc4)=C(C)CCO3)C=C2N=C(c2ccccc2F)CC1. The molecule has 196 valence electrons. The fourth-order valence-corrected chi connectivity index (χ4v) is 4.80. The monoisotopic (exact) mass is 517 g/mol. The number of allylic oxidation sites excluding steroid dienone is 4. The lowest BCUT2D eigenvalue weighted by Gasteiger charge is -2.22. The van der Waals surface area contributed by atoms with Crippen LogP contribution in [0.2, 0.25) is 0 Å². The molecule has 0 amide bonds. The van der Waals surface area contributed by atoms with E-state index in [9.17, 15) is 13.2 Å². The molecule has 0 spiro atoms. The van der Waals surface area contributed by atoms with Crippen molar-refractivity contribution in [2.24, 2.45) is 10.1 Å². The van der Waals surface area contributed by atoms with Crippen LogP contribution in [0.25, 0.3) is 5.57 Å². The maximum absolute atomic E-state index is 14.5. The van der Waals surface area contributed by atoms with Gasteiger partial charge in [0.15, 0.2) is 0 Å². The minimum absolute atomic E-state index is 0.0132. The van der Waals surface area contributed by atoms with Gasteiger partial charge in [0.1, 0.15) is 11.6 Å². The van der Waals surface area contributed by atoms with Gasteiger partial charge in [-0.25, -0.2) is 13.2 Å². The summed E-state index contributed by atoms with van der Waals surface area (Å²) in [5.74, 6) is -2.45. The second-order valence-electron chi connectivity index (χ2n) is 9.96. The smallest absolute Gasteiger partial charge is 0.270 e. The molecule has 3 aliphatic heterocycles. The molecule has 0 bridgehead atoms. The molecule has 7 heteroatoms. The summed E-state index contributed by atoms with van der Waals surface area (Å²) >= 11 is 0. The topological polar surface area (TPSA) is 37.2 Å². The van der Waals surface area contributed by atoms with E-state index < -0.39 is 5.92 Å². The number of ether oxygens (including phenoxy) is 1. The number of hydrogen-bond acceptors (Lipinski definition) is 4. The largest absolute Gasteiger partial charge is 0.496 e. The van der Waals surface area contributed by atoms with Crippen LogP contribution >= 0.6 is 0 Å². The van der Waals surface area contributed by atoms with E-state index in [0.717, 1.165) is 53.3 Å². The molecule has 5 rings (SSSR count). The zero-order chi connectivity index (χ0) is 26.9. The molecule has 0 saturated carbocycles. The van der Waals surface area contributed by atoms with Gasteiger partial charge in [-0.3, -0.25) is 10.0 Å². The Balaban J connectivity index is 1.43. The Morgan fingerprint density at radius 3 is 2.42 bits per heavy atom. The number of hydrogen-bond donors (Lipinski definition) is 0. The van der Waals surface area contributed by atoms with Crippen LogP contribution < -0.4 is 0 Å². The van der Waals surface area contributed by atoms with Crippen molar-refractivity contribution in [3.63, 3.8) is 0 Å². The zero-order valence-electron chi connectivity index (χ0n) is 21.8. The van der Waals surface area contributed by atoms with Gasteiger partial charge in [0, 0.05) is 30.0 Å². The summed E-state index contributed by atoms with van der Waals surface area (Å²) in [5.41, 5.74) is 7.01. The van der Waals surface area contributed by atoms with E-state index in [1.165, 1.54) is 18.2 Å². The first kappa shape index (κ1) is 25.8. The fourth-order valence-electron chi connectivity index (χ4n) is 4.80. The molecule has 0 fully saturated rings. The highest BCUT2D eigenvalue weighted by molar-refractivity contribution is 6.03. The average Bonchev–Trinajstić information content (AvgIpc) is 3.17. The number of benzene rings is 2. The van der Waals surface area contributed by atoms with Gasteiger partial charge in [-0.2, -0.15) is 5.10 Å². The highest BCUT2D eigenvalue weighted by Gasteiger charge is 2.25. The van der Waals surface area contributed by atoms with Crippen molar-refractivity contribution < 1.29 is 17.9 Å². The van der Waals surface area contributed by atoms with Gasteiger partial charge in [-0.15, -0.1) is 0 Å². The molecule has 2 aromatic carbocycles. The van der Waals surface area contributed by atoms with Crippen LogP contribution in [-0.2, 0) is 10.7 Å². The molecule has 3 aliphatic rings. The van der Waals surface area contributed by atoms with Crippen molar-refractivity contribution in [3.8, 4) is 0 Å². The molecule has 4 nitrogen and oxygen atoms in total. The van der Waals surface area contributed by atoms with Gasteiger partial charge >= 0.3 is 0 Å². The molecule has 2 aromatic rings. The quantitative estimate of drug-likeness (QED) is 0.407. The van der Waals surface area contributed by atoms with Crippen molar-refractivity contribution in [1.29, 1.82) is 0 Å². The van der Waals surface area contributed by atoms with Gasteiger partial charge in [0.05, 0.1) is 37.0 Å². The number of rotatable bonds is 5. The van der Waals surface area contributed by atoms with Crippen LogP contribution in [0.5, 0.6) is 0 Å². The summed E-state index contributed by atoms with van der Waals surface area (Å²) in [4.78, 5) is 4.86. The molecular formula is C31H30F3N3O.